The molecule has 1 saturated heterocycles. The fourth-order valence-electron chi connectivity index (χ4n) is 2.80. The van der Waals surface area contributed by atoms with E-state index in [0.717, 1.165) is 48.1 Å². The molecule has 2 aromatic carbocycles. The van der Waals surface area contributed by atoms with E-state index in [4.69, 9.17) is 4.74 Å². The number of aldehydes is 1. The lowest BCUT2D eigenvalue weighted by molar-refractivity contribution is -0.0403. The summed E-state index contributed by atoms with van der Waals surface area (Å²) in [5.41, 5.74) is 4.09. The molecule has 0 atom stereocenters. The number of benzene rings is 2. The highest BCUT2D eigenvalue weighted by molar-refractivity contribution is 5.85. The summed E-state index contributed by atoms with van der Waals surface area (Å²) in [6, 6.07) is 14.0. The molecule has 3 aromatic rings. The van der Waals surface area contributed by atoms with Gasteiger partial charge in [0.05, 0.1) is 24.9 Å². The average Bonchev–Trinajstić information content (AvgIpc) is 2.93. The van der Waals surface area contributed by atoms with Crippen LogP contribution in [0.2, 0.25) is 0 Å². The van der Waals surface area contributed by atoms with Crippen LogP contribution in [-0.2, 0) is 11.3 Å². The number of nitrogens with zero attached hydrogens (tertiary/aromatic N) is 2. The number of hydrogen-bond donors (Lipinski definition) is 0. The predicted octanol–water partition coefficient (Wildman–Crippen LogP) is 3.16. The summed E-state index contributed by atoms with van der Waals surface area (Å²) in [7, 11) is 0. The van der Waals surface area contributed by atoms with Crippen molar-refractivity contribution in [3.63, 3.8) is 0 Å². The number of hydrogen-bond acceptors (Lipinski definition) is 3. The molecule has 0 radical (unpaired) electrons. The summed E-state index contributed by atoms with van der Waals surface area (Å²) in [5, 5.41) is 5.63. The Morgan fingerprint density at radius 2 is 1.91 bits per heavy atom. The van der Waals surface area contributed by atoms with Crippen molar-refractivity contribution in [3.8, 4) is 11.1 Å². The number of aromatic nitrogens is 2. The van der Waals surface area contributed by atoms with E-state index in [2.05, 4.69) is 28.0 Å². The van der Waals surface area contributed by atoms with Crippen LogP contribution in [0.1, 0.15) is 10.4 Å². The zero-order valence-corrected chi connectivity index (χ0v) is 12.1. The van der Waals surface area contributed by atoms with E-state index in [1.807, 2.05) is 30.5 Å². The highest BCUT2D eigenvalue weighted by Gasteiger charge is 2.20. The van der Waals surface area contributed by atoms with Gasteiger partial charge in [-0.05, 0) is 23.3 Å². The van der Waals surface area contributed by atoms with E-state index in [9.17, 15) is 4.79 Å². The van der Waals surface area contributed by atoms with Gasteiger partial charge >= 0.3 is 0 Å². The van der Waals surface area contributed by atoms with Gasteiger partial charge in [0, 0.05) is 23.4 Å². The summed E-state index contributed by atoms with van der Waals surface area (Å²) in [6.45, 7) is 2.59. The van der Waals surface area contributed by atoms with E-state index < -0.39 is 0 Å². The molecule has 0 aliphatic carbocycles. The van der Waals surface area contributed by atoms with E-state index in [1.165, 1.54) is 0 Å². The summed E-state index contributed by atoms with van der Waals surface area (Å²) >= 11 is 0. The third-order valence-electron chi connectivity index (χ3n) is 4.16. The van der Waals surface area contributed by atoms with Gasteiger partial charge in [0.15, 0.2) is 0 Å². The first-order chi connectivity index (χ1) is 10.8. The third kappa shape index (κ3) is 2.31. The van der Waals surface area contributed by atoms with Crippen LogP contribution >= 0.6 is 0 Å². The molecule has 110 valence electrons. The normalized spacial score (nSPS) is 14.9. The molecule has 0 bridgehead atoms. The largest absolute Gasteiger partial charge is 0.381 e. The van der Waals surface area contributed by atoms with Crippen molar-refractivity contribution in [1.29, 1.82) is 0 Å². The Labute approximate surface area is 128 Å². The Bertz CT molecular complexity index is 817. The minimum Gasteiger partial charge on any atom is -0.381 e. The molecule has 0 N–H and O–H groups in total. The Balaban J connectivity index is 1.66. The SMILES string of the molecule is O=Cc1ccc(-c2ccc3c(cnn3CC3COC3)c2)cc1. The zero-order valence-electron chi connectivity index (χ0n) is 12.1. The highest BCUT2D eigenvalue weighted by atomic mass is 16.5. The standard InChI is InChI=1S/C18H16N2O2/c21-10-13-1-3-15(4-2-13)16-5-6-18-17(7-16)8-19-20(18)9-14-11-22-12-14/h1-8,10,14H,9,11-12H2. The molecular weight excluding hydrogens is 276 g/mol. The number of carbonyl (C=O) groups is 1. The van der Waals surface area contributed by atoms with Gasteiger partial charge in [0.1, 0.15) is 6.29 Å². The van der Waals surface area contributed by atoms with Crippen LogP contribution < -0.4 is 0 Å². The van der Waals surface area contributed by atoms with Crippen molar-refractivity contribution in [2.75, 3.05) is 13.2 Å². The Kier molecular flexibility index (Phi) is 3.24. The molecule has 1 fully saturated rings. The number of ether oxygens (including phenoxy) is 1. The highest BCUT2D eigenvalue weighted by Crippen LogP contribution is 2.25. The lowest BCUT2D eigenvalue weighted by Gasteiger charge is -2.25. The zero-order chi connectivity index (χ0) is 14.9. The Hall–Kier alpha value is -2.46. The molecule has 0 spiro atoms. The van der Waals surface area contributed by atoms with E-state index in [-0.39, 0.29) is 0 Å². The molecule has 4 nitrogen and oxygen atoms in total. The third-order valence-corrected chi connectivity index (χ3v) is 4.16. The van der Waals surface area contributed by atoms with Gasteiger partial charge in [0.25, 0.3) is 0 Å². The van der Waals surface area contributed by atoms with Crippen molar-refractivity contribution >= 4 is 17.2 Å². The predicted molar refractivity (Wildman–Crippen MR) is 84.9 cm³/mol. The van der Waals surface area contributed by atoms with Gasteiger partial charge in [-0.3, -0.25) is 9.48 Å². The second-order valence-electron chi connectivity index (χ2n) is 5.74. The average molecular weight is 292 g/mol. The molecule has 22 heavy (non-hydrogen) atoms. The maximum absolute atomic E-state index is 10.7. The molecule has 4 heteroatoms. The minimum absolute atomic E-state index is 0.582. The first kappa shape index (κ1) is 13.2. The summed E-state index contributed by atoms with van der Waals surface area (Å²) in [4.78, 5) is 10.7. The van der Waals surface area contributed by atoms with E-state index in [1.54, 1.807) is 0 Å². The van der Waals surface area contributed by atoms with Gasteiger partial charge in [0.2, 0.25) is 0 Å². The number of fused-ring (bicyclic) bond motifs is 1. The molecule has 1 aliphatic rings. The summed E-state index contributed by atoms with van der Waals surface area (Å²) < 4.78 is 7.28. The van der Waals surface area contributed by atoms with Crippen LogP contribution in [0.5, 0.6) is 0 Å². The fourth-order valence-corrected chi connectivity index (χ4v) is 2.80. The van der Waals surface area contributed by atoms with Gasteiger partial charge in [-0.25, -0.2) is 0 Å². The fraction of sp³-hybridized carbons (Fsp3) is 0.222. The van der Waals surface area contributed by atoms with Crippen molar-refractivity contribution < 1.29 is 9.53 Å². The Morgan fingerprint density at radius 1 is 1.14 bits per heavy atom. The first-order valence-electron chi connectivity index (χ1n) is 7.42. The summed E-state index contributed by atoms with van der Waals surface area (Å²) in [6.07, 6.45) is 2.78. The van der Waals surface area contributed by atoms with E-state index in [0.29, 0.717) is 11.5 Å². The van der Waals surface area contributed by atoms with Crippen LogP contribution in [0.25, 0.3) is 22.0 Å². The summed E-state index contributed by atoms with van der Waals surface area (Å²) in [5.74, 6) is 0.582. The first-order valence-corrected chi connectivity index (χ1v) is 7.42. The maximum atomic E-state index is 10.7. The quantitative estimate of drug-likeness (QED) is 0.694. The van der Waals surface area contributed by atoms with Crippen molar-refractivity contribution in [1.82, 2.24) is 9.78 Å². The second-order valence-corrected chi connectivity index (χ2v) is 5.74. The second kappa shape index (κ2) is 5.39. The van der Waals surface area contributed by atoms with Crippen LogP contribution in [0.15, 0.2) is 48.7 Å². The van der Waals surface area contributed by atoms with Crippen LogP contribution in [0.3, 0.4) is 0 Å². The maximum Gasteiger partial charge on any atom is 0.150 e. The number of rotatable bonds is 4. The molecule has 0 saturated carbocycles. The Morgan fingerprint density at radius 3 is 2.59 bits per heavy atom. The molecule has 0 amide bonds. The molecular formula is C18H16N2O2. The van der Waals surface area contributed by atoms with E-state index >= 15 is 0 Å². The molecule has 2 heterocycles. The van der Waals surface area contributed by atoms with Gasteiger partial charge in [-0.2, -0.15) is 5.10 Å². The molecule has 1 aliphatic heterocycles. The monoisotopic (exact) mass is 292 g/mol. The molecule has 0 unspecified atom stereocenters. The molecule has 1 aromatic heterocycles. The topological polar surface area (TPSA) is 44.1 Å². The van der Waals surface area contributed by atoms with Crippen molar-refractivity contribution in [2.24, 2.45) is 5.92 Å². The minimum atomic E-state index is 0.582. The van der Waals surface area contributed by atoms with Crippen molar-refractivity contribution in [3.05, 3.63) is 54.2 Å². The van der Waals surface area contributed by atoms with Crippen molar-refractivity contribution in [2.45, 2.75) is 6.54 Å². The van der Waals surface area contributed by atoms with Gasteiger partial charge < -0.3 is 4.74 Å². The van der Waals surface area contributed by atoms with Crippen LogP contribution in [0, 0.1) is 5.92 Å². The van der Waals surface area contributed by atoms with Gasteiger partial charge in [-0.1, -0.05) is 30.3 Å². The van der Waals surface area contributed by atoms with Crippen LogP contribution in [0.4, 0.5) is 0 Å². The van der Waals surface area contributed by atoms with Gasteiger partial charge in [-0.15, -0.1) is 0 Å². The lowest BCUT2D eigenvalue weighted by Crippen LogP contribution is -2.31. The van der Waals surface area contributed by atoms with Crippen LogP contribution in [-0.4, -0.2) is 29.3 Å². The molecule has 4 rings (SSSR count). The lowest BCUT2D eigenvalue weighted by atomic mass is 10.0. The smallest absolute Gasteiger partial charge is 0.150 e. The number of carbonyl (C=O) groups excluding carboxylic acids is 1.